The highest BCUT2D eigenvalue weighted by Crippen LogP contribution is 2.23. The molecular formula is C18H22N2O5. The average molecular weight is 346 g/mol. The smallest absolute Gasteiger partial charge is 0.350 e. The van der Waals surface area contributed by atoms with Gasteiger partial charge in [-0.25, -0.2) is 9.59 Å². The number of hydrogen-bond acceptors (Lipinski definition) is 6. The van der Waals surface area contributed by atoms with E-state index in [0.29, 0.717) is 17.8 Å². The molecule has 25 heavy (non-hydrogen) atoms. The van der Waals surface area contributed by atoms with Gasteiger partial charge in [-0.3, -0.25) is 4.79 Å². The topological polar surface area (TPSA) is 93.7 Å². The quantitative estimate of drug-likeness (QED) is 0.484. The lowest BCUT2D eigenvalue weighted by atomic mass is 10.1. The van der Waals surface area contributed by atoms with E-state index in [1.54, 1.807) is 24.3 Å². The molecule has 1 heterocycles. The Labute approximate surface area is 146 Å². The van der Waals surface area contributed by atoms with Gasteiger partial charge in [-0.15, -0.1) is 0 Å². The first-order valence-corrected chi connectivity index (χ1v) is 7.99. The molecule has 0 bridgehead atoms. The molecule has 1 aliphatic rings. The standard InChI is InChI=1S/C18H22N2O5/c1-11(2)9-15(21)20-13-7-5-12(6-8-13)19-10-14-16(22)24-18(3,4)25-17(14)23/h5-8,10-11,19H,9H2,1-4H3,(H,20,21). The van der Waals surface area contributed by atoms with Crippen LogP contribution in [0.4, 0.5) is 11.4 Å². The second-order valence-electron chi connectivity index (χ2n) is 6.60. The number of rotatable bonds is 5. The highest BCUT2D eigenvalue weighted by atomic mass is 16.7. The molecule has 0 radical (unpaired) electrons. The Kier molecular flexibility index (Phi) is 5.46. The summed E-state index contributed by atoms with van der Waals surface area (Å²) in [5, 5.41) is 5.64. The second kappa shape index (κ2) is 7.38. The van der Waals surface area contributed by atoms with Crippen LogP contribution in [-0.4, -0.2) is 23.6 Å². The summed E-state index contributed by atoms with van der Waals surface area (Å²) in [6.07, 6.45) is 1.69. The number of amides is 1. The van der Waals surface area contributed by atoms with Crippen molar-refractivity contribution in [2.75, 3.05) is 10.6 Å². The highest BCUT2D eigenvalue weighted by molar-refractivity contribution is 6.15. The number of benzene rings is 1. The van der Waals surface area contributed by atoms with E-state index in [2.05, 4.69) is 10.6 Å². The van der Waals surface area contributed by atoms with Crippen LogP contribution in [0.1, 0.15) is 34.1 Å². The van der Waals surface area contributed by atoms with Crippen LogP contribution in [-0.2, 0) is 23.9 Å². The van der Waals surface area contributed by atoms with Gasteiger partial charge in [0, 0.05) is 37.8 Å². The van der Waals surface area contributed by atoms with Gasteiger partial charge in [0.15, 0.2) is 5.57 Å². The Morgan fingerprint density at radius 3 is 2.12 bits per heavy atom. The van der Waals surface area contributed by atoms with Crippen molar-refractivity contribution in [3.63, 3.8) is 0 Å². The molecule has 1 aromatic carbocycles. The molecule has 0 aliphatic carbocycles. The lowest BCUT2D eigenvalue weighted by Crippen LogP contribution is -2.42. The Bertz CT molecular complexity index is 683. The molecule has 1 amide bonds. The molecule has 2 N–H and O–H groups in total. The fourth-order valence-corrected chi connectivity index (χ4v) is 2.17. The molecule has 0 aromatic heterocycles. The van der Waals surface area contributed by atoms with Gasteiger partial charge in [0.25, 0.3) is 5.79 Å². The zero-order valence-corrected chi connectivity index (χ0v) is 14.7. The van der Waals surface area contributed by atoms with Gasteiger partial charge < -0.3 is 20.1 Å². The van der Waals surface area contributed by atoms with E-state index in [1.807, 2.05) is 13.8 Å². The van der Waals surface area contributed by atoms with E-state index in [9.17, 15) is 14.4 Å². The zero-order valence-electron chi connectivity index (χ0n) is 14.7. The van der Waals surface area contributed by atoms with E-state index in [4.69, 9.17) is 9.47 Å². The minimum Gasteiger partial charge on any atom is -0.419 e. The van der Waals surface area contributed by atoms with Crippen molar-refractivity contribution in [2.24, 2.45) is 5.92 Å². The molecule has 0 spiro atoms. The normalized spacial score (nSPS) is 16.1. The lowest BCUT2D eigenvalue weighted by molar-refractivity contribution is -0.222. The van der Waals surface area contributed by atoms with Crippen LogP contribution < -0.4 is 10.6 Å². The first kappa shape index (κ1) is 18.5. The predicted octanol–water partition coefficient (Wildman–Crippen LogP) is 2.80. The monoisotopic (exact) mass is 346 g/mol. The number of anilines is 2. The van der Waals surface area contributed by atoms with Crippen molar-refractivity contribution >= 4 is 29.2 Å². The average Bonchev–Trinajstić information content (AvgIpc) is 2.46. The van der Waals surface area contributed by atoms with Crippen LogP contribution >= 0.6 is 0 Å². The van der Waals surface area contributed by atoms with Crippen molar-refractivity contribution < 1.29 is 23.9 Å². The van der Waals surface area contributed by atoms with Gasteiger partial charge >= 0.3 is 11.9 Å². The van der Waals surface area contributed by atoms with E-state index in [0.717, 1.165) is 0 Å². The number of esters is 2. The van der Waals surface area contributed by atoms with E-state index < -0.39 is 17.7 Å². The molecule has 0 unspecified atom stereocenters. The van der Waals surface area contributed by atoms with Crippen LogP contribution in [0.2, 0.25) is 0 Å². The molecule has 7 nitrogen and oxygen atoms in total. The van der Waals surface area contributed by atoms with Crippen molar-refractivity contribution in [1.29, 1.82) is 0 Å². The molecular weight excluding hydrogens is 324 g/mol. The van der Waals surface area contributed by atoms with Crippen LogP contribution in [0.25, 0.3) is 0 Å². The number of nitrogens with one attached hydrogen (secondary N) is 2. The molecule has 0 saturated carbocycles. The first-order chi connectivity index (χ1) is 11.7. The molecule has 134 valence electrons. The molecule has 1 saturated heterocycles. The Morgan fingerprint density at radius 2 is 1.60 bits per heavy atom. The fourth-order valence-electron chi connectivity index (χ4n) is 2.17. The number of carbonyl (C=O) groups is 3. The Morgan fingerprint density at radius 1 is 1.08 bits per heavy atom. The SMILES string of the molecule is CC(C)CC(=O)Nc1ccc(NC=C2C(=O)OC(C)(C)OC2=O)cc1. The van der Waals surface area contributed by atoms with Crippen LogP contribution in [0.5, 0.6) is 0 Å². The Hall–Kier alpha value is -2.83. The summed E-state index contributed by atoms with van der Waals surface area (Å²) in [6, 6.07) is 6.87. The maximum Gasteiger partial charge on any atom is 0.350 e. The second-order valence-corrected chi connectivity index (χ2v) is 6.60. The number of carbonyl (C=O) groups excluding carboxylic acids is 3. The molecule has 7 heteroatoms. The molecule has 2 rings (SSSR count). The lowest BCUT2D eigenvalue weighted by Gasteiger charge is -2.29. The molecule has 1 aliphatic heterocycles. The summed E-state index contributed by atoms with van der Waals surface area (Å²) in [6.45, 7) is 6.92. The van der Waals surface area contributed by atoms with Gasteiger partial charge in [-0.1, -0.05) is 13.8 Å². The van der Waals surface area contributed by atoms with Gasteiger partial charge in [0.1, 0.15) is 0 Å². The highest BCUT2D eigenvalue weighted by Gasteiger charge is 2.38. The number of cyclic esters (lactones) is 2. The predicted molar refractivity (Wildman–Crippen MR) is 92.5 cm³/mol. The molecule has 0 atom stereocenters. The maximum atomic E-state index is 11.8. The van der Waals surface area contributed by atoms with Gasteiger partial charge in [-0.2, -0.15) is 0 Å². The van der Waals surface area contributed by atoms with Gasteiger partial charge in [0.05, 0.1) is 0 Å². The van der Waals surface area contributed by atoms with Crippen molar-refractivity contribution in [3.05, 3.63) is 36.0 Å². The summed E-state index contributed by atoms with van der Waals surface area (Å²) in [4.78, 5) is 35.4. The summed E-state index contributed by atoms with van der Waals surface area (Å²) >= 11 is 0. The van der Waals surface area contributed by atoms with Gasteiger partial charge in [0.2, 0.25) is 5.91 Å². The zero-order chi connectivity index (χ0) is 18.6. The van der Waals surface area contributed by atoms with Crippen LogP contribution in [0.15, 0.2) is 36.0 Å². The van der Waals surface area contributed by atoms with Crippen LogP contribution in [0.3, 0.4) is 0 Å². The summed E-state index contributed by atoms with van der Waals surface area (Å²) in [7, 11) is 0. The number of ether oxygens (including phenoxy) is 2. The third-order valence-corrected chi connectivity index (χ3v) is 3.26. The fraction of sp³-hybridized carbons (Fsp3) is 0.389. The van der Waals surface area contributed by atoms with E-state index in [-0.39, 0.29) is 17.4 Å². The summed E-state index contributed by atoms with van der Waals surface area (Å²) < 4.78 is 10.0. The van der Waals surface area contributed by atoms with Crippen molar-refractivity contribution in [3.8, 4) is 0 Å². The Balaban J connectivity index is 1.98. The summed E-state index contributed by atoms with van der Waals surface area (Å²) in [5.41, 5.74) is 1.09. The summed E-state index contributed by atoms with van der Waals surface area (Å²) in [5.74, 6) is -2.51. The molecule has 1 aromatic rings. The largest absolute Gasteiger partial charge is 0.419 e. The van der Waals surface area contributed by atoms with Crippen LogP contribution in [0, 0.1) is 5.92 Å². The maximum absolute atomic E-state index is 11.8. The minimum absolute atomic E-state index is 0.0480. The third kappa shape index (κ3) is 5.34. The first-order valence-electron chi connectivity index (χ1n) is 7.99. The third-order valence-electron chi connectivity index (χ3n) is 3.26. The van der Waals surface area contributed by atoms with E-state index in [1.165, 1.54) is 20.0 Å². The number of hydrogen-bond donors (Lipinski definition) is 2. The minimum atomic E-state index is -1.26. The van der Waals surface area contributed by atoms with Crippen molar-refractivity contribution in [2.45, 2.75) is 39.9 Å². The van der Waals surface area contributed by atoms with Crippen molar-refractivity contribution in [1.82, 2.24) is 0 Å². The van der Waals surface area contributed by atoms with E-state index >= 15 is 0 Å². The molecule has 1 fully saturated rings. The van der Waals surface area contributed by atoms with Gasteiger partial charge in [-0.05, 0) is 30.2 Å².